The van der Waals surface area contributed by atoms with Gasteiger partial charge in [-0.2, -0.15) is 0 Å². The highest BCUT2D eigenvalue weighted by Crippen LogP contribution is 2.12. The minimum Gasteiger partial charge on any atom is -0.381 e. The predicted octanol–water partition coefficient (Wildman–Crippen LogP) is 3.76. The van der Waals surface area contributed by atoms with Crippen molar-refractivity contribution in [2.45, 2.75) is 6.54 Å². The Kier molecular flexibility index (Phi) is 3.78. The van der Waals surface area contributed by atoms with Crippen LogP contribution in [0.15, 0.2) is 48.5 Å². The molecule has 2 rings (SSSR count). The summed E-state index contributed by atoms with van der Waals surface area (Å²) < 4.78 is 0. The van der Waals surface area contributed by atoms with Gasteiger partial charge in [-0.1, -0.05) is 23.7 Å². The third kappa shape index (κ3) is 3.33. The molecule has 0 aromatic heterocycles. The summed E-state index contributed by atoms with van der Waals surface area (Å²) in [6.07, 6.45) is 0.836. The van der Waals surface area contributed by atoms with Gasteiger partial charge in [0.25, 0.3) is 0 Å². The second-order valence-corrected chi connectivity index (χ2v) is 4.16. The van der Waals surface area contributed by atoms with Gasteiger partial charge in [0, 0.05) is 22.8 Å². The highest BCUT2D eigenvalue weighted by molar-refractivity contribution is 6.30. The maximum Gasteiger partial charge on any atom is 0.150 e. The molecule has 0 fully saturated rings. The Balaban J connectivity index is 1.97. The van der Waals surface area contributed by atoms with E-state index in [0.717, 1.165) is 29.1 Å². The van der Waals surface area contributed by atoms with Gasteiger partial charge < -0.3 is 5.32 Å². The van der Waals surface area contributed by atoms with Gasteiger partial charge in [-0.3, -0.25) is 4.79 Å². The standard InChI is InChI=1S/C14H12ClNO/c15-13-5-1-11(2-6-13)9-16-14-7-3-12(10-17)4-8-14/h1-8,10,16H,9H2. The van der Waals surface area contributed by atoms with Crippen molar-refractivity contribution in [1.29, 1.82) is 0 Å². The Bertz CT molecular complexity index is 491. The van der Waals surface area contributed by atoms with Crippen molar-refractivity contribution in [3.05, 3.63) is 64.7 Å². The highest BCUT2D eigenvalue weighted by Gasteiger charge is 1.95. The molecule has 86 valence electrons. The molecule has 0 spiro atoms. The number of hydrogen-bond donors (Lipinski definition) is 1. The Morgan fingerprint density at radius 1 is 1.00 bits per heavy atom. The molecule has 0 bridgehead atoms. The molecule has 0 aliphatic heterocycles. The lowest BCUT2D eigenvalue weighted by atomic mass is 10.2. The molecule has 2 aromatic rings. The number of nitrogens with one attached hydrogen (secondary N) is 1. The van der Waals surface area contributed by atoms with E-state index in [9.17, 15) is 4.79 Å². The zero-order valence-corrected chi connectivity index (χ0v) is 9.95. The van der Waals surface area contributed by atoms with E-state index in [-0.39, 0.29) is 0 Å². The molecular weight excluding hydrogens is 234 g/mol. The van der Waals surface area contributed by atoms with Crippen LogP contribution >= 0.6 is 11.6 Å². The third-order valence-corrected chi connectivity index (χ3v) is 2.71. The normalized spacial score (nSPS) is 9.94. The molecule has 0 unspecified atom stereocenters. The zero-order chi connectivity index (χ0) is 12.1. The summed E-state index contributed by atoms with van der Waals surface area (Å²) in [5.74, 6) is 0. The van der Waals surface area contributed by atoms with Crippen LogP contribution < -0.4 is 5.32 Å². The number of carbonyl (C=O) groups is 1. The van der Waals surface area contributed by atoms with Gasteiger partial charge in [0.1, 0.15) is 6.29 Å². The first kappa shape index (κ1) is 11.7. The van der Waals surface area contributed by atoms with E-state index in [1.807, 2.05) is 36.4 Å². The highest BCUT2D eigenvalue weighted by atomic mass is 35.5. The van der Waals surface area contributed by atoms with Crippen LogP contribution in [-0.2, 0) is 6.54 Å². The molecule has 1 N–H and O–H groups in total. The number of carbonyl (C=O) groups excluding carboxylic acids is 1. The van der Waals surface area contributed by atoms with Gasteiger partial charge in [0.15, 0.2) is 0 Å². The fourth-order valence-corrected chi connectivity index (χ4v) is 1.61. The SMILES string of the molecule is O=Cc1ccc(NCc2ccc(Cl)cc2)cc1. The average Bonchev–Trinajstić information content (AvgIpc) is 2.39. The summed E-state index contributed by atoms with van der Waals surface area (Å²) in [5.41, 5.74) is 2.83. The van der Waals surface area contributed by atoms with E-state index in [1.165, 1.54) is 0 Å². The summed E-state index contributed by atoms with van der Waals surface area (Å²) in [7, 11) is 0. The van der Waals surface area contributed by atoms with Crippen molar-refractivity contribution in [1.82, 2.24) is 0 Å². The number of hydrogen-bond acceptors (Lipinski definition) is 2. The molecule has 2 aromatic carbocycles. The number of halogens is 1. The number of aldehydes is 1. The van der Waals surface area contributed by atoms with Crippen molar-refractivity contribution in [2.75, 3.05) is 5.32 Å². The summed E-state index contributed by atoms with van der Waals surface area (Å²) in [4.78, 5) is 10.5. The molecule has 0 heterocycles. The van der Waals surface area contributed by atoms with Crippen molar-refractivity contribution in [3.8, 4) is 0 Å². The first-order valence-corrected chi connectivity index (χ1v) is 5.69. The zero-order valence-electron chi connectivity index (χ0n) is 9.19. The molecule has 17 heavy (non-hydrogen) atoms. The van der Waals surface area contributed by atoms with E-state index >= 15 is 0 Å². The first-order valence-electron chi connectivity index (χ1n) is 5.31. The van der Waals surface area contributed by atoms with Gasteiger partial charge in [-0.15, -0.1) is 0 Å². The lowest BCUT2D eigenvalue weighted by molar-refractivity contribution is 0.112. The number of benzene rings is 2. The largest absolute Gasteiger partial charge is 0.381 e. The lowest BCUT2D eigenvalue weighted by Gasteiger charge is -2.06. The van der Waals surface area contributed by atoms with Crippen LogP contribution in [0.1, 0.15) is 15.9 Å². The quantitative estimate of drug-likeness (QED) is 0.831. The summed E-state index contributed by atoms with van der Waals surface area (Å²) in [6.45, 7) is 0.734. The van der Waals surface area contributed by atoms with Gasteiger partial charge in [-0.25, -0.2) is 0 Å². The Labute approximate surface area is 105 Å². The van der Waals surface area contributed by atoms with E-state index < -0.39 is 0 Å². The van der Waals surface area contributed by atoms with Gasteiger partial charge in [0.05, 0.1) is 0 Å². The minimum absolute atomic E-state index is 0.682. The van der Waals surface area contributed by atoms with Crippen LogP contribution in [0.4, 0.5) is 5.69 Å². The monoisotopic (exact) mass is 245 g/mol. The molecule has 0 aliphatic carbocycles. The van der Waals surface area contributed by atoms with Gasteiger partial charge in [0.2, 0.25) is 0 Å². The fourth-order valence-electron chi connectivity index (χ4n) is 1.49. The van der Waals surface area contributed by atoms with E-state index in [4.69, 9.17) is 11.6 Å². The number of anilines is 1. The smallest absolute Gasteiger partial charge is 0.150 e. The molecular formula is C14H12ClNO. The van der Waals surface area contributed by atoms with Gasteiger partial charge >= 0.3 is 0 Å². The van der Waals surface area contributed by atoms with Crippen LogP contribution in [0.5, 0.6) is 0 Å². The van der Waals surface area contributed by atoms with Crippen LogP contribution in [0.25, 0.3) is 0 Å². The Hall–Kier alpha value is -1.80. The third-order valence-electron chi connectivity index (χ3n) is 2.46. The van der Waals surface area contributed by atoms with E-state index in [0.29, 0.717) is 5.56 Å². The predicted molar refractivity (Wildman–Crippen MR) is 70.6 cm³/mol. The van der Waals surface area contributed by atoms with Gasteiger partial charge in [-0.05, 0) is 42.0 Å². The maximum absolute atomic E-state index is 10.5. The van der Waals surface area contributed by atoms with Crippen molar-refractivity contribution in [3.63, 3.8) is 0 Å². The molecule has 0 amide bonds. The van der Waals surface area contributed by atoms with Crippen LogP contribution in [0.2, 0.25) is 5.02 Å². The minimum atomic E-state index is 0.682. The molecule has 0 saturated heterocycles. The summed E-state index contributed by atoms with van der Waals surface area (Å²) in [5, 5.41) is 4.01. The van der Waals surface area contributed by atoms with Crippen molar-refractivity contribution >= 4 is 23.6 Å². The topological polar surface area (TPSA) is 29.1 Å². The summed E-state index contributed by atoms with van der Waals surface area (Å²) in [6, 6.07) is 15.1. The Morgan fingerprint density at radius 3 is 2.24 bits per heavy atom. The molecule has 3 heteroatoms. The maximum atomic E-state index is 10.5. The van der Waals surface area contributed by atoms with Crippen LogP contribution in [0, 0.1) is 0 Å². The summed E-state index contributed by atoms with van der Waals surface area (Å²) >= 11 is 5.81. The van der Waals surface area contributed by atoms with Crippen molar-refractivity contribution < 1.29 is 4.79 Å². The van der Waals surface area contributed by atoms with E-state index in [1.54, 1.807) is 12.1 Å². The fraction of sp³-hybridized carbons (Fsp3) is 0.0714. The first-order chi connectivity index (χ1) is 8.28. The van der Waals surface area contributed by atoms with Crippen LogP contribution in [0.3, 0.4) is 0 Å². The Morgan fingerprint density at radius 2 is 1.65 bits per heavy atom. The lowest BCUT2D eigenvalue weighted by Crippen LogP contribution is -1.98. The van der Waals surface area contributed by atoms with Crippen LogP contribution in [-0.4, -0.2) is 6.29 Å². The molecule has 0 aliphatic rings. The second-order valence-electron chi connectivity index (χ2n) is 3.72. The molecule has 0 saturated carbocycles. The van der Waals surface area contributed by atoms with Crippen molar-refractivity contribution in [2.24, 2.45) is 0 Å². The number of rotatable bonds is 4. The average molecular weight is 246 g/mol. The molecule has 0 radical (unpaired) electrons. The van der Waals surface area contributed by atoms with E-state index in [2.05, 4.69) is 5.32 Å². The molecule has 0 atom stereocenters. The molecule has 2 nitrogen and oxygen atoms in total. The second kappa shape index (κ2) is 5.51.